The highest BCUT2D eigenvalue weighted by Crippen LogP contribution is 2.30. The van der Waals surface area contributed by atoms with Crippen molar-refractivity contribution in [1.82, 2.24) is 24.7 Å². The molecule has 1 aromatic carbocycles. The Morgan fingerprint density at radius 2 is 1.80 bits per heavy atom. The number of nitrogens with two attached hydrogens (primary N) is 1. The van der Waals surface area contributed by atoms with Crippen molar-refractivity contribution in [2.75, 3.05) is 10.6 Å². The number of pyridine rings is 1. The number of aromatic nitrogens is 5. The van der Waals surface area contributed by atoms with Crippen LogP contribution in [0.15, 0.2) is 61.2 Å². The minimum absolute atomic E-state index is 0.501. The molecule has 0 saturated heterocycles. The fourth-order valence-corrected chi connectivity index (χ4v) is 3.64. The number of nitrogen functional groups attached to an aromatic ring is 1. The maximum Gasteiger partial charge on any atom is 0.226 e. The number of aryl methyl sites for hydroxylation is 1. The van der Waals surface area contributed by atoms with E-state index in [0.29, 0.717) is 5.82 Å². The second kappa shape index (κ2) is 7.44. The van der Waals surface area contributed by atoms with Gasteiger partial charge in [-0.2, -0.15) is 5.10 Å². The number of rotatable bonds is 4. The fraction of sp³-hybridized carbons (Fsp3) is 0.130. The Labute approximate surface area is 174 Å². The van der Waals surface area contributed by atoms with Crippen LogP contribution in [0.5, 0.6) is 0 Å². The van der Waals surface area contributed by atoms with Crippen LogP contribution in [-0.4, -0.2) is 24.7 Å². The van der Waals surface area contributed by atoms with Gasteiger partial charge in [-0.05, 0) is 52.6 Å². The van der Waals surface area contributed by atoms with Crippen LogP contribution in [0.2, 0.25) is 0 Å². The molecule has 0 radical (unpaired) electrons. The first-order chi connectivity index (χ1) is 14.6. The van der Waals surface area contributed by atoms with Crippen LogP contribution in [0, 0.1) is 0 Å². The Kier molecular flexibility index (Phi) is 4.48. The van der Waals surface area contributed by atoms with E-state index in [1.807, 2.05) is 54.5 Å². The summed E-state index contributed by atoms with van der Waals surface area (Å²) in [6.07, 6.45) is 11.4. The van der Waals surface area contributed by atoms with Gasteiger partial charge in [-0.3, -0.25) is 4.68 Å². The second-order valence-corrected chi connectivity index (χ2v) is 7.37. The van der Waals surface area contributed by atoms with Gasteiger partial charge in [0.2, 0.25) is 5.95 Å². The maximum atomic E-state index is 5.74. The molecule has 148 valence electrons. The van der Waals surface area contributed by atoms with Gasteiger partial charge in [0.25, 0.3) is 0 Å². The highest BCUT2D eigenvalue weighted by Gasteiger charge is 2.21. The Hall–Kier alpha value is -4.00. The second-order valence-electron chi connectivity index (χ2n) is 7.37. The summed E-state index contributed by atoms with van der Waals surface area (Å²) in [5.41, 5.74) is 12.5. The van der Waals surface area contributed by atoms with E-state index in [1.165, 1.54) is 16.7 Å². The summed E-state index contributed by atoms with van der Waals surface area (Å²) in [4.78, 5) is 15.4. The average Bonchev–Trinajstić information content (AvgIpc) is 3.38. The summed E-state index contributed by atoms with van der Waals surface area (Å²) in [7, 11) is 1.93. The van der Waals surface area contributed by atoms with Gasteiger partial charge in [-0.15, -0.1) is 0 Å². The van der Waals surface area contributed by atoms with Crippen molar-refractivity contribution in [3.63, 3.8) is 0 Å². The highest BCUT2D eigenvalue weighted by molar-refractivity contribution is 5.69. The molecule has 0 amide bonds. The van der Waals surface area contributed by atoms with E-state index in [2.05, 4.69) is 38.2 Å². The third-order valence-corrected chi connectivity index (χ3v) is 5.17. The molecule has 3 aromatic heterocycles. The Morgan fingerprint density at radius 1 is 0.933 bits per heavy atom. The zero-order valence-electron chi connectivity index (χ0n) is 16.6. The number of benzene rings is 1. The normalized spacial score (nSPS) is 13.2. The molecule has 7 heteroatoms. The standard InChI is InChI=1S/C23H21N7/c1-29-13-20(12-27-29)17-3-4-18-14-30(15-19(18)11-17)23-26-9-7-21(28-23)5-2-16-6-8-25-22(24)10-16/h2-13H,14-15H2,1H3,(H2,24,25)/b5-2+. The summed E-state index contributed by atoms with van der Waals surface area (Å²) in [6, 6.07) is 12.2. The molecule has 1 aliphatic rings. The van der Waals surface area contributed by atoms with Crippen LogP contribution in [0.25, 0.3) is 23.3 Å². The molecule has 2 N–H and O–H groups in total. The first kappa shape index (κ1) is 18.1. The summed E-state index contributed by atoms with van der Waals surface area (Å²) in [5, 5.41) is 4.27. The molecule has 0 fully saturated rings. The van der Waals surface area contributed by atoms with Gasteiger partial charge in [0.15, 0.2) is 0 Å². The first-order valence-corrected chi connectivity index (χ1v) is 9.72. The van der Waals surface area contributed by atoms with Crippen molar-refractivity contribution < 1.29 is 0 Å². The molecule has 0 aliphatic carbocycles. The third kappa shape index (κ3) is 3.65. The van der Waals surface area contributed by atoms with Gasteiger partial charge in [-0.25, -0.2) is 15.0 Å². The number of hydrogen-bond donors (Lipinski definition) is 1. The Balaban J connectivity index is 1.35. The van der Waals surface area contributed by atoms with E-state index < -0.39 is 0 Å². The van der Waals surface area contributed by atoms with Crippen molar-refractivity contribution in [3.8, 4) is 11.1 Å². The van der Waals surface area contributed by atoms with Gasteiger partial charge >= 0.3 is 0 Å². The zero-order valence-corrected chi connectivity index (χ0v) is 16.6. The van der Waals surface area contributed by atoms with Crippen molar-refractivity contribution in [2.24, 2.45) is 7.05 Å². The number of fused-ring (bicyclic) bond motifs is 1. The molecule has 0 spiro atoms. The molecule has 5 rings (SSSR count). The van der Waals surface area contributed by atoms with Crippen molar-refractivity contribution in [3.05, 3.63) is 83.6 Å². The van der Waals surface area contributed by atoms with E-state index in [9.17, 15) is 0 Å². The third-order valence-electron chi connectivity index (χ3n) is 5.17. The first-order valence-electron chi connectivity index (χ1n) is 9.72. The van der Waals surface area contributed by atoms with Gasteiger partial charge in [0, 0.05) is 44.3 Å². The van der Waals surface area contributed by atoms with Crippen LogP contribution in [0.4, 0.5) is 11.8 Å². The van der Waals surface area contributed by atoms with Gasteiger partial charge in [0.05, 0.1) is 11.9 Å². The van der Waals surface area contributed by atoms with Crippen LogP contribution >= 0.6 is 0 Å². The molecule has 0 unspecified atom stereocenters. The largest absolute Gasteiger partial charge is 0.384 e. The van der Waals surface area contributed by atoms with E-state index in [-0.39, 0.29) is 0 Å². The molecule has 4 aromatic rings. The predicted octanol–water partition coefficient (Wildman–Crippen LogP) is 3.54. The SMILES string of the molecule is Cn1cc(-c2ccc3c(c2)CN(c2nccc(/C=C/c4ccnc(N)c4)n2)C3)cn1. The summed E-state index contributed by atoms with van der Waals surface area (Å²) in [5.74, 6) is 1.23. The molecule has 1 aliphatic heterocycles. The van der Waals surface area contributed by atoms with Crippen molar-refractivity contribution in [1.29, 1.82) is 0 Å². The monoisotopic (exact) mass is 395 g/mol. The number of nitrogens with zero attached hydrogens (tertiary/aromatic N) is 6. The van der Waals surface area contributed by atoms with Crippen molar-refractivity contribution in [2.45, 2.75) is 13.1 Å². The topological polar surface area (TPSA) is 85.8 Å². The summed E-state index contributed by atoms with van der Waals surface area (Å²) >= 11 is 0. The van der Waals surface area contributed by atoms with Crippen LogP contribution < -0.4 is 10.6 Å². The quantitative estimate of drug-likeness (QED) is 0.569. The van der Waals surface area contributed by atoms with Crippen molar-refractivity contribution >= 4 is 23.9 Å². The molecular formula is C23H21N7. The molecule has 30 heavy (non-hydrogen) atoms. The average molecular weight is 395 g/mol. The Bertz CT molecular complexity index is 1240. The highest BCUT2D eigenvalue weighted by atomic mass is 15.3. The van der Waals surface area contributed by atoms with E-state index in [4.69, 9.17) is 10.7 Å². The molecule has 7 nitrogen and oxygen atoms in total. The van der Waals surface area contributed by atoms with Crippen LogP contribution in [0.3, 0.4) is 0 Å². The number of anilines is 2. The number of hydrogen-bond acceptors (Lipinski definition) is 6. The smallest absolute Gasteiger partial charge is 0.226 e. The van der Waals surface area contributed by atoms with Crippen LogP contribution in [0.1, 0.15) is 22.4 Å². The lowest BCUT2D eigenvalue weighted by molar-refractivity contribution is 0.768. The minimum Gasteiger partial charge on any atom is -0.384 e. The molecule has 4 heterocycles. The minimum atomic E-state index is 0.501. The van der Waals surface area contributed by atoms with Gasteiger partial charge in [-0.1, -0.05) is 18.2 Å². The molecule has 0 saturated carbocycles. The zero-order chi connectivity index (χ0) is 20.5. The summed E-state index contributed by atoms with van der Waals surface area (Å²) < 4.78 is 1.82. The lowest BCUT2D eigenvalue weighted by Gasteiger charge is -2.15. The molecule has 0 bridgehead atoms. The maximum absolute atomic E-state index is 5.74. The van der Waals surface area contributed by atoms with Crippen LogP contribution in [-0.2, 0) is 20.1 Å². The lowest BCUT2D eigenvalue weighted by atomic mass is 10.0. The van der Waals surface area contributed by atoms with Gasteiger partial charge in [0.1, 0.15) is 5.82 Å². The van der Waals surface area contributed by atoms with E-state index in [0.717, 1.165) is 35.9 Å². The molecule has 0 atom stereocenters. The lowest BCUT2D eigenvalue weighted by Crippen LogP contribution is -2.17. The fourth-order valence-electron chi connectivity index (χ4n) is 3.64. The predicted molar refractivity (Wildman–Crippen MR) is 118 cm³/mol. The van der Waals surface area contributed by atoms with E-state index in [1.54, 1.807) is 12.4 Å². The van der Waals surface area contributed by atoms with Gasteiger partial charge < -0.3 is 10.6 Å². The molecular weight excluding hydrogens is 374 g/mol. The Morgan fingerprint density at radius 3 is 2.63 bits per heavy atom. The van der Waals surface area contributed by atoms with E-state index >= 15 is 0 Å². The summed E-state index contributed by atoms with van der Waals surface area (Å²) in [6.45, 7) is 1.59.